The first-order valence-corrected chi connectivity index (χ1v) is 10.3. The van der Waals surface area contributed by atoms with Crippen LogP contribution in [0.25, 0.3) is 0 Å². The SMILES string of the molecule is CCC1CCCCN1S(=O)(=O)c1ccc2c(c1)CN(C(C)=O)CC2. The molecule has 132 valence electrons. The number of carbonyl (C=O) groups excluding carboxylic acids is 1. The fourth-order valence-electron chi connectivity index (χ4n) is 3.80. The van der Waals surface area contributed by atoms with Gasteiger partial charge in [0.1, 0.15) is 0 Å². The molecule has 0 spiro atoms. The van der Waals surface area contributed by atoms with E-state index in [1.54, 1.807) is 28.3 Å². The van der Waals surface area contributed by atoms with Crippen LogP contribution in [0.4, 0.5) is 0 Å². The maximum absolute atomic E-state index is 13.1. The number of rotatable bonds is 3. The third-order valence-electron chi connectivity index (χ3n) is 5.29. The standard InChI is InChI=1S/C18H26N2O3S/c1-3-17-6-4-5-10-20(17)24(22,23)18-8-7-15-9-11-19(14(2)21)13-16(15)12-18/h7-8,12,17H,3-6,9-11,13H2,1-2H3. The van der Waals surface area contributed by atoms with Gasteiger partial charge in [-0.25, -0.2) is 8.42 Å². The van der Waals surface area contributed by atoms with Gasteiger partial charge in [-0.1, -0.05) is 19.4 Å². The molecule has 3 rings (SSSR count). The van der Waals surface area contributed by atoms with Crippen molar-refractivity contribution in [2.24, 2.45) is 0 Å². The number of amides is 1. The van der Waals surface area contributed by atoms with Crippen molar-refractivity contribution in [3.63, 3.8) is 0 Å². The highest BCUT2D eigenvalue weighted by atomic mass is 32.2. The van der Waals surface area contributed by atoms with Crippen molar-refractivity contribution in [3.05, 3.63) is 29.3 Å². The normalized spacial score (nSPS) is 22.2. The Bertz CT molecular complexity index is 730. The molecule has 0 aromatic heterocycles. The van der Waals surface area contributed by atoms with Crippen molar-refractivity contribution in [1.29, 1.82) is 0 Å². The van der Waals surface area contributed by atoms with E-state index in [1.807, 2.05) is 6.07 Å². The van der Waals surface area contributed by atoms with Crippen LogP contribution >= 0.6 is 0 Å². The van der Waals surface area contributed by atoms with Crippen LogP contribution in [0, 0.1) is 0 Å². The summed E-state index contributed by atoms with van der Waals surface area (Å²) in [6.07, 6.45) is 4.61. The van der Waals surface area contributed by atoms with Crippen LogP contribution in [0.15, 0.2) is 23.1 Å². The fourth-order valence-corrected chi connectivity index (χ4v) is 5.61. The summed E-state index contributed by atoms with van der Waals surface area (Å²) < 4.78 is 27.9. The van der Waals surface area contributed by atoms with Gasteiger partial charge < -0.3 is 4.90 Å². The number of hydrogen-bond donors (Lipinski definition) is 0. The van der Waals surface area contributed by atoms with Gasteiger partial charge in [0.05, 0.1) is 4.90 Å². The van der Waals surface area contributed by atoms with E-state index in [-0.39, 0.29) is 11.9 Å². The van der Waals surface area contributed by atoms with Gasteiger partial charge in [0, 0.05) is 32.6 Å². The van der Waals surface area contributed by atoms with Crippen molar-refractivity contribution in [2.75, 3.05) is 13.1 Å². The average molecular weight is 350 g/mol. The van der Waals surface area contributed by atoms with E-state index in [2.05, 4.69) is 6.92 Å². The molecule has 1 fully saturated rings. The molecule has 2 aliphatic heterocycles. The van der Waals surface area contributed by atoms with Crippen molar-refractivity contribution in [2.45, 2.75) is 63.4 Å². The molecule has 0 N–H and O–H groups in total. The van der Waals surface area contributed by atoms with E-state index in [0.717, 1.165) is 43.2 Å². The molecule has 6 heteroatoms. The minimum Gasteiger partial charge on any atom is -0.338 e. The lowest BCUT2D eigenvalue weighted by Gasteiger charge is -2.34. The lowest BCUT2D eigenvalue weighted by molar-refractivity contribution is -0.129. The Morgan fingerprint density at radius 2 is 2.00 bits per heavy atom. The summed E-state index contributed by atoms with van der Waals surface area (Å²) in [5.74, 6) is 0.0380. The topological polar surface area (TPSA) is 57.7 Å². The number of carbonyl (C=O) groups is 1. The predicted octanol–water partition coefficient (Wildman–Crippen LogP) is 2.54. The van der Waals surface area contributed by atoms with Gasteiger partial charge in [0.15, 0.2) is 0 Å². The summed E-state index contributed by atoms with van der Waals surface area (Å²) >= 11 is 0. The van der Waals surface area contributed by atoms with Crippen molar-refractivity contribution in [1.82, 2.24) is 9.21 Å². The van der Waals surface area contributed by atoms with Gasteiger partial charge >= 0.3 is 0 Å². The van der Waals surface area contributed by atoms with Gasteiger partial charge in [-0.2, -0.15) is 4.31 Å². The van der Waals surface area contributed by atoms with Gasteiger partial charge in [-0.3, -0.25) is 4.79 Å². The Balaban J connectivity index is 1.92. The van der Waals surface area contributed by atoms with Gasteiger partial charge in [0.2, 0.25) is 15.9 Å². The molecule has 1 aromatic carbocycles. The number of hydrogen-bond acceptors (Lipinski definition) is 3. The summed E-state index contributed by atoms with van der Waals surface area (Å²) in [7, 11) is -3.46. The minimum absolute atomic E-state index is 0.0380. The van der Waals surface area contributed by atoms with E-state index < -0.39 is 10.0 Å². The second kappa shape index (κ2) is 6.84. The molecular formula is C18H26N2O3S. The molecule has 24 heavy (non-hydrogen) atoms. The first-order valence-electron chi connectivity index (χ1n) is 8.82. The molecule has 2 aliphatic rings. The zero-order chi connectivity index (χ0) is 17.3. The van der Waals surface area contributed by atoms with Crippen molar-refractivity contribution < 1.29 is 13.2 Å². The number of piperidine rings is 1. The molecule has 1 saturated heterocycles. The molecule has 1 aromatic rings. The number of nitrogens with zero attached hydrogens (tertiary/aromatic N) is 2. The summed E-state index contributed by atoms with van der Waals surface area (Å²) in [6.45, 7) is 5.43. The Hall–Kier alpha value is -1.40. The zero-order valence-electron chi connectivity index (χ0n) is 14.5. The summed E-state index contributed by atoms with van der Waals surface area (Å²) in [5, 5.41) is 0. The molecule has 0 bridgehead atoms. The molecule has 5 nitrogen and oxygen atoms in total. The molecule has 1 atom stereocenters. The average Bonchev–Trinajstić information content (AvgIpc) is 2.60. The highest BCUT2D eigenvalue weighted by Gasteiger charge is 2.33. The van der Waals surface area contributed by atoms with E-state index in [4.69, 9.17) is 0 Å². The summed E-state index contributed by atoms with van der Waals surface area (Å²) in [4.78, 5) is 13.8. The van der Waals surface area contributed by atoms with Crippen LogP contribution in [0.5, 0.6) is 0 Å². The third kappa shape index (κ3) is 3.22. The van der Waals surface area contributed by atoms with E-state index in [0.29, 0.717) is 24.5 Å². The van der Waals surface area contributed by atoms with Crippen LogP contribution in [0.2, 0.25) is 0 Å². The Kier molecular flexibility index (Phi) is 4.97. The smallest absolute Gasteiger partial charge is 0.243 e. The predicted molar refractivity (Wildman–Crippen MR) is 93.1 cm³/mol. The highest BCUT2D eigenvalue weighted by molar-refractivity contribution is 7.89. The summed E-state index contributed by atoms with van der Waals surface area (Å²) in [5.41, 5.74) is 2.11. The van der Waals surface area contributed by atoms with Gasteiger partial charge in [-0.05, 0) is 48.9 Å². The van der Waals surface area contributed by atoms with Crippen LogP contribution in [0.1, 0.15) is 50.7 Å². The first-order chi connectivity index (χ1) is 11.4. The van der Waals surface area contributed by atoms with Crippen LogP contribution in [-0.4, -0.2) is 42.7 Å². The van der Waals surface area contributed by atoms with Crippen molar-refractivity contribution in [3.8, 4) is 0 Å². The van der Waals surface area contributed by atoms with Gasteiger partial charge in [0.25, 0.3) is 0 Å². The molecular weight excluding hydrogens is 324 g/mol. The van der Waals surface area contributed by atoms with E-state index in [1.165, 1.54) is 0 Å². The monoisotopic (exact) mass is 350 g/mol. The number of sulfonamides is 1. The molecule has 0 saturated carbocycles. The number of fused-ring (bicyclic) bond motifs is 1. The quantitative estimate of drug-likeness (QED) is 0.842. The highest BCUT2D eigenvalue weighted by Crippen LogP contribution is 2.29. The zero-order valence-corrected chi connectivity index (χ0v) is 15.3. The molecule has 1 amide bonds. The minimum atomic E-state index is -3.46. The van der Waals surface area contributed by atoms with Gasteiger partial charge in [-0.15, -0.1) is 0 Å². The van der Waals surface area contributed by atoms with Crippen LogP contribution < -0.4 is 0 Å². The first kappa shape index (κ1) is 17.4. The second-order valence-electron chi connectivity index (χ2n) is 6.79. The molecule has 0 aliphatic carbocycles. The lowest BCUT2D eigenvalue weighted by Crippen LogP contribution is -2.43. The molecule has 0 radical (unpaired) electrons. The van der Waals surface area contributed by atoms with E-state index >= 15 is 0 Å². The molecule has 2 heterocycles. The Morgan fingerprint density at radius 3 is 2.71 bits per heavy atom. The number of benzene rings is 1. The lowest BCUT2D eigenvalue weighted by atomic mass is 10.00. The Labute approximate surface area is 144 Å². The Morgan fingerprint density at radius 1 is 1.21 bits per heavy atom. The molecule has 1 unspecified atom stereocenters. The van der Waals surface area contributed by atoms with Crippen LogP contribution in [0.3, 0.4) is 0 Å². The summed E-state index contributed by atoms with van der Waals surface area (Å²) in [6, 6.07) is 5.54. The fraction of sp³-hybridized carbons (Fsp3) is 0.611. The maximum atomic E-state index is 13.1. The largest absolute Gasteiger partial charge is 0.338 e. The van der Waals surface area contributed by atoms with Crippen molar-refractivity contribution >= 4 is 15.9 Å². The third-order valence-corrected chi connectivity index (χ3v) is 7.23. The van der Waals surface area contributed by atoms with E-state index in [9.17, 15) is 13.2 Å². The second-order valence-corrected chi connectivity index (χ2v) is 8.69. The van der Waals surface area contributed by atoms with Crippen LogP contribution in [-0.2, 0) is 27.8 Å². The maximum Gasteiger partial charge on any atom is 0.243 e.